The summed E-state index contributed by atoms with van der Waals surface area (Å²) in [5.74, 6) is 2.20. The Morgan fingerprint density at radius 3 is 2.76 bits per heavy atom. The van der Waals surface area contributed by atoms with Crippen LogP contribution in [0.5, 0.6) is 0 Å². The number of aliphatic imine (C=N–C) groups is 1. The Morgan fingerprint density at radius 2 is 2.08 bits per heavy atom. The molecule has 1 aromatic carbocycles. The first-order valence-corrected chi connectivity index (χ1v) is 10.3. The Balaban J connectivity index is 1.56. The maximum absolute atomic E-state index is 5.53. The first-order chi connectivity index (χ1) is 12.4. The number of ether oxygens (including phenoxy) is 1. The number of rotatable bonds is 6. The number of hydrogen-bond donors (Lipinski definition) is 2. The van der Waals surface area contributed by atoms with Crippen LogP contribution in [0, 0.1) is 0 Å². The van der Waals surface area contributed by atoms with E-state index in [1.54, 1.807) is 0 Å². The molecule has 138 valence electrons. The van der Waals surface area contributed by atoms with Crippen molar-refractivity contribution in [1.82, 2.24) is 15.5 Å². The zero-order valence-electron chi connectivity index (χ0n) is 15.1. The second-order valence-corrected chi connectivity index (χ2v) is 7.95. The van der Waals surface area contributed by atoms with Crippen LogP contribution in [0.25, 0.3) is 0 Å². The molecular formula is C19H30N4OS. The zero-order valence-corrected chi connectivity index (χ0v) is 15.9. The number of nitrogens with zero attached hydrogens (tertiary/aromatic N) is 2. The largest absolute Gasteiger partial charge is 0.379 e. The van der Waals surface area contributed by atoms with Crippen molar-refractivity contribution in [2.24, 2.45) is 4.99 Å². The quantitative estimate of drug-likeness (QED) is 0.600. The predicted octanol–water partition coefficient (Wildman–Crippen LogP) is 2.12. The van der Waals surface area contributed by atoms with Crippen LogP contribution in [-0.2, 0) is 4.74 Å². The monoisotopic (exact) mass is 362 g/mol. The van der Waals surface area contributed by atoms with Crippen molar-refractivity contribution in [2.75, 3.05) is 52.2 Å². The number of benzene rings is 1. The Bertz CT molecular complexity index is 527. The summed E-state index contributed by atoms with van der Waals surface area (Å²) >= 11 is 2.07. The first-order valence-electron chi connectivity index (χ1n) is 9.29. The Labute approximate surface area is 155 Å². The molecule has 0 radical (unpaired) electrons. The lowest BCUT2D eigenvalue weighted by atomic mass is 10.0. The molecule has 2 atom stereocenters. The molecule has 0 amide bonds. The third kappa shape index (κ3) is 5.62. The summed E-state index contributed by atoms with van der Waals surface area (Å²) in [6.07, 6.45) is 2.66. The van der Waals surface area contributed by atoms with Crippen LogP contribution in [0.15, 0.2) is 35.3 Å². The van der Waals surface area contributed by atoms with Crippen molar-refractivity contribution in [1.29, 1.82) is 0 Å². The van der Waals surface area contributed by atoms with Crippen molar-refractivity contribution in [3.63, 3.8) is 0 Å². The fraction of sp³-hybridized carbons (Fsp3) is 0.632. The Morgan fingerprint density at radius 1 is 1.28 bits per heavy atom. The maximum Gasteiger partial charge on any atom is 0.191 e. The maximum atomic E-state index is 5.53. The van der Waals surface area contributed by atoms with Crippen LogP contribution in [0.4, 0.5) is 0 Å². The molecule has 6 heteroatoms. The number of guanidine groups is 1. The van der Waals surface area contributed by atoms with Gasteiger partial charge in [0.25, 0.3) is 0 Å². The van der Waals surface area contributed by atoms with Gasteiger partial charge in [-0.25, -0.2) is 0 Å². The Kier molecular flexibility index (Phi) is 7.45. The number of nitrogens with one attached hydrogen (secondary N) is 2. The highest BCUT2D eigenvalue weighted by Gasteiger charge is 2.23. The third-order valence-electron chi connectivity index (χ3n) is 4.88. The van der Waals surface area contributed by atoms with Crippen LogP contribution in [0.2, 0.25) is 0 Å². The summed E-state index contributed by atoms with van der Waals surface area (Å²) in [4.78, 5) is 6.91. The number of thioether (sulfide) groups is 1. The summed E-state index contributed by atoms with van der Waals surface area (Å²) in [6.45, 7) is 5.43. The van der Waals surface area contributed by atoms with Gasteiger partial charge in [-0.05, 0) is 24.2 Å². The number of morpholine rings is 1. The van der Waals surface area contributed by atoms with E-state index in [-0.39, 0.29) is 0 Å². The van der Waals surface area contributed by atoms with Gasteiger partial charge in [0.15, 0.2) is 5.96 Å². The van der Waals surface area contributed by atoms with Crippen molar-refractivity contribution in [2.45, 2.75) is 24.1 Å². The van der Waals surface area contributed by atoms with E-state index in [2.05, 4.69) is 62.6 Å². The van der Waals surface area contributed by atoms with Crippen LogP contribution in [-0.4, -0.2) is 68.3 Å². The molecule has 25 heavy (non-hydrogen) atoms. The van der Waals surface area contributed by atoms with Gasteiger partial charge in [-0.2, -0.15) is 11.8 Å². The van der Waals surface area contributed by atoms with Crippen LogP contribution in [0.1, 0.15) is 24.4 Å². The second-order valence-electron chi connectivity index (χ2n) is 6.54. The van der Waals surface area contributed by atoms with Gasteiger partial charge in [-0.15, -0.1) is 0 Å². The van der Waals surface area contributed by atoms with Gasteiger partial charge in [0.1, 0.15) is 0 Å². The van der Waals surface area contributed by atoms with E-state index in [0.29, 0.717) is 6.04 Å². The molecule has 2 N–H and O–H groups in total. The Hall–Kier alpha value is -1.24. The minimum absolute atomic E-state index is 0.338. The number of hydrogen-bond acceptors (Lipinski definition) is 4. The van der Waals surface area contributed by atoms with E-state index < -0.39 is 0 Å². The van der Waals surface area contributed by atoms with Crippen LogP contribution in [0.3, 0.4) is 0 Å². The van der Waals surface area contributed by atoms with E-state index in [9.17, 15) is 0 Å². The molecule has 5 nitrogen and oxygen atoms in total. The predicted molar refractivity (Wildman–Crippen MR) is 106 cm³/mol. The zero-order chi connectivity index (χ0) is 17.3. The van der Waals surface area contributed by atoms with Crippen LogP contribution < -0.4 is 10.6 Å². The van der Waals surface area contributed by atoms with Crippen molar-refractivity contribution < 1.29 is 4.74 Å². The highest BCUT2D eigenvalue weighted by Crippen LogP contribution is 2.25. The summed E-state index contributed by atoms with van der Waals surface area (Å²) in [5.41, 5.74) is 1.35. The average Bonchev–Trinajstić information content (AvgIpc) is 3.20. The lowest BCUT2D eigenvalue weighted by Crippen LogP contribution is -2.47. The molecule has 1 aromatic rings. The summed E-state index contributed by atoms with van der Waals surface area (Å²) < 4.78 is 5.53. The molecule has 0 spiro atoms. The van der Waals surface area contributed by atoms with E-state index in [1.807, 2.05) is 7.05 Å². The molecule has 2 aliphatic rings. The smallest absolute Gasteiger partial charge is 0.191 e. The third-order valence-corrected chi connectivity index (χ3v) is 6.28. The van der Waals surface area contributed by atoms with Gasteiger partial charge in [0.05, 0.1) is 19.3 Å². The highest BCUT2D eigenvalue weighted by molar-refractivity contribution is 8.00. The molecule has 2 fully saturated rings. The molecule has 2 saturated heterocycles. The molecule has 0 saturated carbocycles. The molecule has 2 aliphatic heterocycles. The SMILES string of the molecule is CN=C(NCC1CCCS1)NCC(c1ccccc1)N1CCOCC1. The van der Waals surface area contributed by atoms with Gasteiger partial charge < -0.3 is 15.4 Å². The fourth-order valence-corrected chi connectivity index (χ4v) is 4.65. The molecule has 2 heterocycles. The second kappa shape index (κ2) is 10.0. The molecule has 2 unspecified atom stereocenters. The lowest BCUT2D eigenvalue weighted by molar-refractivity contribution is 0.0170. The summed E-state index contributed by atoms with van der Waals surface area (Å²) in [7, 11) is 1.85. The van der Waals surface area contributed by atoms with Gasteiger partial charge in [0, 0.05) is 38.5 Å². The molecule has 0 aliphatic carbocycles. The minimum atomic E-state index is 0.338. The first kappa shape index (κ1) is 18.5. The van der Waals surface area contributed by atoms with E-state index in [4.69, 9.17) is 4.74 Å². The van der Waals surface area contributed by atoms with Crippen molar-refractivity contribution in [3.05, 3.63) is 35.9 Å². The normalized spacial score (nSPS) is 23.4. The topological polar surface area (TPSA) is 48.9 Å². The molecule has 3 rings (SSSR count). The average molecular weight is 363 g/mol. The highest BCUT2D eigenvalue weighted by atomic mass is 32.2. The molecule has 0 aromatic heterocycles. The van der Waals surface area contributed by atoms with Gasteiger partial charge in [0.2, 0.25) is 0 Å². The molecular weight excluding hydrogens is 332 g/mol. The standard InChI is InChI=1S/C19H30N4OS/c1-20-19(21-14-17-8-5-13-25-17)22-15-18(16-6-3-2-4-7-16)23-9-11-24-12-10-23/h2-4,6-7,17-18H,5,8-15H2,1H3,(H2,20,21,22). The van der Waals surface area contributed by atoms with Crippen LogP contribution >= 0.6 is 11.8 Å². The van der Waals surface area contributed by atoms with Crippen molar-refractivity contribution >= 4 is 17.7 Å². The van der Waals surface area contributed by atoms with Gasteiger partial charge in [-0.1, -0.05) is 30.3 Å². The van der Waals surface area contributed by atoms with Gasteiger partial charge >= 0.3 is 0 Å². The summed E-state index contributed by atoms with van der Waals surface area (Å²) in [5, 5.41) is 7.76. The van der Waals surface area contributed by atoms with E-state index >= 15 is 0 Å². The fourth-order valence-electron chi connectivity index (χ4n) is 3.45. The van der Waals surface area contributed by atoms with Gasteiger partial charge in [-0.3, -0.25) is 9.89 Å². The summed E-state index contributed by atoms with van der Waals surface area (Å²) in [6, 6.07) is 11.1. The van der Waals surface area contributed by atoms with E-state index in [1.165, 1.54) is 24.2 Å². The minimum Gasteiger partial charge on any atom is -0.379 e. The van der Waals surface area contributed by atoms with Crippen molar-refractivity contribution in [3.8, 4) is 0 Å². The lowest BCUT2D eigenvalue weighted by Gasteiger charge is -2.35. The molecule has 0 bridgehead atoms. The van der Waals surface area contributed by atoms with E-state index in [0.717, 1.165) is 50.6 Å².